The number of nitriles is 1. The summed E-state index contributed by atoms with van der Waals surface area (Å²) in [5, 5.41) is 23.8. The number of carbonyl (C=O) groups is 2. The molecule has 1 atom stereocenters. The van der Waals surface area contributed by atoms with Gasteiger partial charge in [0.1, 0.15) is 11.1 Å². The molecule has 1 aliphatic rings. The molecule has 0 radical (unpaired) electrons. The number of ether oxygens (including phenoxy) is 1. The number of amides is 2. The van der Waals surface area contributed by atoms with Crippen LogP contribution in [-0.4, -0.2) is 28.4 Å². The molecule has 2 N–H and O–H groups in total. The third-order valence-electron chi connectivity index (χ3n) is 5.47. The van der Waals surface area contributed by atoms with Gasteiger partial charge in [-0.15, -0.1) is 11.3 Å². The average Bonchev–Trinajstić information content (AvgIpc) is 3.54. The zero-order chi connectivity index (χ0) is 23.2. The number of nitrogens with one attached hydrogen (secondary N) is 2. The van der Waals surface area contributed by atoms with Crippen molar-refractivity contribution < 1.29 is 14.3 Å². The molecule has 1 aliphatic carbocycles. The van der Waals surface area contributed by atoms with Crippen molar-refractivity contribution in [2.24, 2.45) is 13.0 Å². The quantitative estimate of drug-likeness (QED) is 0.494. The fourth-order valence-corrected chi connectivity index (χ4v) is 5.62. The van der Waals surface area contributed by atoms with E-state index in [0.717, 1.165) is 34.5 Å². The summed E-state index contributed by atoms with van der Waals surface area (Å²) < 4.78 is 7.11. The number of aromatic nitrogens is 2. The molecule has 170 valence electrons. The van der Waals surface area contributed by atoms with Crippen LogP contribution in [0.15, 0.2) is 35.2 Å². The highest BCUT2D eigenvalue weighted by Gasteiger charge is 2.27. The van der Waals surface area contributed by atoms with Crippen LogP contribution >= 0.6 is 22.7 Å². The molecule has 3 heterocycles. The molecule has 2 amide bonds. The van der Waals surface area contributed by atoms with Crippen LogP contribution < -0.4 is 10.6 Å². The number of alkyl carbamates (subject to hydrolysis) is 1. The lowest BCUT2D eigenvalue weighted by Gasteiger charge is -2.21. The number of thiophene rings is 2. The average molecular weight is 482 g/mol. The van der Waals surface area contributed by atoms with Crippen molar-refractivity contribution in [3.05, 3.63) is 62.4 Å². The monoisotopic (exact) mass is 481 g/mol. The molecule has 0 spiro atoms. The highest BCUT2D eigenvalue weighted by atomic mass is 32.1. The van der Waals surface area contributed by atoms with Gasteiger partial charge in [-0.05, 0) is 65.3 Å². The maximum Gasteiger partial charge on any atom is 0.407 e. The summed E-state index contributed by atoms with van der Waals surface area (Å²) in [6.07, 6.45) is 6.69. The molecule has 0 aliphatic heterocycles. The summed E-state index contributed by atoms with van der Waals surface area (Å²) in [7, 11) is 1.81. The Hall–Kier alpha value is -3.42. The van der Waals surface area contributed by atoms with E-state index in [9.17, 15) is 14.9 Å². The van der Waals surface area contributed by atoms with Crippen LogP contribution in [0.2, 0.25) is 0 Å². The first-order chi connectivity index (χ1) is 16.0. The van der Waals surface area contributed by atoms with Crippen molar-refractivity contribution >= 4 is 45.8 Å². The van der Waals surface area contributed by atoms with Gasteiger partial charge in [-0.3, -0.25) is 9.48 Å². The van der Waals surface area contributed by atoms with E-state index in [0.29, 0.717) is 30.1 Å². The molecule has 3 aromatic heterocycles. The number of fused-ring (bicyclic) bond motifs is 1. The lowest BCUT2D eigenvalue weighted by molar-refractivity contribution is -0.111. The summed E-state index contributed by atoms with van der Waals surface area (Å²) in [6.45, 7) is 0.659. The summed E-state index contributed by atoms with van der Waals surface area (Å²) in [6, 6.07) is 6.01. The number of anilines is 1. The summed E-state index contributed by atoms with van der Waals surface area (Å²) >= 11 is 3.00. The van der Waals surface area contributed by atoms with Crippen LogP contribution in [0, 0.1) is 17.2 Å². The molecule has 0 bridgehead atoms. The number of carbonyl (C=O) groups excluding carboxylic acids is 2. The summed E-state index contributed by atoms with van der Waals surface area (Å²) in [4.78, 5) is 25.5. The maximum atomic E-state index is 12.3. The molecule has 0 aromatic carbocycles. The maximum absolute atomic E-state index is 12.3. The second-order valence-electron chi connectivity index (χ2n) is 7.71. The zero-order valence-electron chi connectivity index (χ0n) is 18.0. The van der Waals surface area contributed by atoms with Crippen LogP contribution in [0.25, 0.3) is 6.08 Å². The Morgan fingerprint density at radius 1 is 1.42 bits per heavy atom. The van der Waals surface area contributed by atoms with Crippen molar-refractivity contribution in [3.8, 4) is 6.07 Å². The van der Waals surface area contributed by atoms with Crippen molar-refractivity contribution in [2.45, 2.75) is 25.8 Å². The van der Waals surface area contributed by atoms with Crippen LogP contribution in [0.4, 0.5) is 9.80 Å². The fourth-order valence-electron chi connectivity index (χ4n) is 3.68. The zero-order valence-corrected chi connectivity index (χ0v) is 19.7. The highest BCUT2D eigenvalue weighted by molar-refractivity contribution is 7.16. The Morgan fingerprint density at radius 3 is 3.03 bits per heavy atom. The van der Waals surface area contributed by atoms with Gasteiger partial charge in [0.25, 0.3) is 0 Å². The minimum Gasteiger partial charge on any atom is -0.449 e. The molecule has 0 fully saturated rings. The van der Waals surface area contributed by atoms with Gasteiger partial charge in [-0.2, -0.15) is 21.7 Å². The van der Waals surface area contributed by atoms with E-state index in [-0.39, 0.29) is 11.8 Å². The van der Waals surface area contributed by atoms with Crippen LogP contribution in [0.5, 0.6) is 0 Å². The van der Waals surface area contributed by atoms with Crippen LogP contribution in [0.1, 0.15) is 33.7 Å². The third-order valence-corrected chi connectivity index (χ3v) is 7.34. The smallest absolute Gasteiger partial charge is 0.407 e. The first kappa shape index (κ1) is 22.8. The van der Waals surface area contributed by atoms with Gasteiger partial charge in [0, 0.05) is 24.2 Å². The van der Waals surface area contributed by atoms with Crippen LogP contribution in [0.3, 0.4) is 0 Å². The van der Waals surface area contributed by atoms with Crippen molar-refractivity contribution in [1.29, 1.82) is 5.26 Å². The van der Waals surface area contributed by atoms with E-state index in [1.165, 1.54) is 17.4 Å². The highest BCUT2D eigenvalue weighted by Crippen LogP contribution is 2.39. The van der Waals surface area contributed by atoms with Crippen molar-refractivity contribution in [1.82, 2.24) is 15.1 Å². The summed E-state index contributed by atoms with van der Waals surface area (Å²) in [5.41, 5.74) is 3.39. The number of aryl methyl sites for hydroxylation is 1. The van der Waals surface area contributed by atoms with Crippen LogP contribution in [-0.2, 0) is 36.0 Å². The molecule has 4 rings (SSSR count). The summed E-state index contributed by atoms with van der Waals surface area (Å²) in [5.74, 6) is -0.0894. The first-order valence-electron chi connectivity index (χ1n) is 10.5. The number of hydrogen-bond donors (Lipinski definition) is 2. The lowest BCUT2D eigenvalue weighted by atomic mass is 9.88. The number of rotatable bonds is 7. The molecule has 8 nitrogen and oxygen atoms in total. The normalized spacial score (nSPS) is 15.1. The standard InChI is InChI=1S/C23H23N5O3S2/c1-28-17(6-8-26-28)12-25-23(30)31-13-16-2-4-18-19(11-24)22(33-20(18)10-16)27-21(29)5-3-15-7-9-32-14-15/h3,5-9,14,16H,2,4,10,12-13H2,1H3,(H,25,30)(H,27,29). The van der Waals surface area contributed by atoms with Gasteiger partial charge < -0.3 is 15.4 Å². The van der Waals surface area contributed by atoms with E-state index in [4.69, 9.17) is 4.74 Å². The molecule has 3 aromatic rings. The fraction of sp³-hybridized carbons (Fsp3) is 0.304. The van der Waals surface area contributed by atoms with Crippen molar-refractivity contribution in [3.63, 3.8) is 0 Å². The Balaban J connectivity index is 1.31. The number of nitrogens with zero attached hydrogens (tertiary/aromatic N) is 3. The predicted molar refractivity (Wildman–Crippen MR) is 128 cm³/mol. The molecule has 1 unspecified atom stereocenters. The van der Waals surface area contributed by atoms with E-state index < -0.39 is 6.09 Å². The Bertz CT molecular complexity index is 1200. The molecular weight excluding hydrogens is 458 g/mol. The van der Waals surface area contributed by atoms with Gasteiger partial charge in [0.15, 0.2) is 0 Å². The minimum atomic E-state index is -0.462. The Labute approximate surface area is 199 Å². The van der Waals surface area contributed by atoms with Gasteiger partial charge >= 0.3 is 6.09 Å². The topological polar surface area (TPSA) is 109 Å². The first-order valence-corrected chi connectivity index (χ1v) is 12.2. The number of hydrogen-bond acceptors (Lipinski definition) is 7. The largest absolute Gasteiger partial charge is 0.449 e. The molecular formula is C23H23N5O3S2. The van der Waals surface area contributed by atoms with Gasteiger partial charge in [-0.1, -0.05) is 0 Å². The third kappa shape index (κ3) is 5.69. The lowest BCUT2D eigenvalue weighted by Crippen LogP contribution is -2.28. The predicted octanol–water partition coefficient (Wildman–Crippen LogP) is 4.10. The molecule has 33 heavy (non-hydrogen) atoms. The van der Waals surface area contributed by atoms with Gasteiger partial charge in [0.05, 0.1) is 24.4 Å². The van der Waals surface area contributed by atoms with Crippen molar-refractivity contribution in [2.75, 3.05) is 11.9 Å². The molecule has 0 saturated carbocycles. The van der Waals surface area contributed by atoms with E-state index in [1.54, 1.807) is 28.3 Å². The molecule has 10 heteroatoms. The van der Waals surface area contributed by atoms with E-state index in [2.05, 4.69) is 21.8 Å². The Morgan fingerprint density at radius 2 is 2.30 bits per heavy atom. The molecule has 0 saturated heterocycles. The second-order valence-corrected chi connectivity index (χ2v) is 9.59. The van der Waals surface area contributed by atoms with E-state index in [1.807, 2.05) is 29.9 Å². The second kappa shape index (κ2) is 10.5. The SMILES string of the molecule is Cn1nccc1CNC(=O)OCC1CCc2c(sc(NC(=O)C=Cc3ccsc3)c2C#N)C1. The minimum absolute atomic E-state index is 0.173. The van der Waals surface area contributed by atoms with Gasteiger partial charge in [0.2, 0.25) is 5.91 Å². The Kier molecular flexibility index (Phi) is 7.22. The van der Waals surface area contributed by atoms with E-state index >= 15 is 0 Å². The van der Waals surface area contributed by atoms with Gasteiger partial charge in [-0.25, -0.2) is 4.79 Å².